The van der Waals surface area contributed by atoms with E-state index in [0.717, 1.165) is 32.8 Å². The molecule has 102 valence electrons. The van der Waals surface area contributed by atoms with E-state index >= 15 is 0 Å². The lowest BCUT2D eigenvalue weighted by molar-refractivity contribution is 0.405. The topological polar surface area (TPSA) is 61.0 Å². The van der Waals surface area contributed by atoms with Crippen molar-refractivity contribution in [3.8, 4) is 5.75 Å². The largest absolute Gasteiger partial charge is 0.496 e. The lowest BCUT2D eigenvalue weighted by Crippen LogP contribution is -2.08. The number of hydrogen-bond donors (Lipinski definition) is 1. The zero-order valence-corrected chi connectivity index (χ0v) is 12.8. The number of benzene rings is 1. The van der Waals surface area contributed by atoms with Gasteiger partial charge in [0.15, 0.2) is 4.34 Å². The molecule has 1 heterocycles. The van der Waals surface area contributed by atoms with Crippen LogP contribution in [0.15, 0.2) is 27.4 Å². The van der Waals surface area contributed by atoms with Gasteiger partial charge in [0.05, 0.1) is 7.11 Å². The van der Waals surface area contributed by atoms with Crippen molar-refractivity contribution in [1.29, 1.82) is 0 Å². The molecule has 0 fully saturated rings. The standard InChI is InChI=1S/C13H17N3OS2/c1-4-11-15-13(19-16-11)18-10-7-5-6-9(17-3)12(10)8(2)14/h5-8H,4,14H2,1-3H3/t8-/m0/s1. The predicted molar refractivity (Wildman–Crippen MR) is 79.0 cm³/mol. The van der Waals surface area contributed by atoms with E-state index in [2.05, 4.69) is 16.3 Å². The number of aromatic nitrogens is 2. The molecule has 0 saturated heterocycles. The molecule has 2 aromatic rings. The molecule has 19 heavy (non-hydrogen) atoms. The Labute approximate surface area is 121 Å². The normalized spacial score (nSPS) is 12.4. The van der Waals surface area contributed by atoms with Crippen molar-refractivity contribution in [3.63, 3.8) is 0 Å². The SMILES string of the molecule is CCc1nsc(Sc2cccc(OC)c2[C@H](C)N)n1. The highest BCUT2D eigenvalue weighted by Crippen LogP contribution is 2.38. The Kier molecular flexibility index (Phi) is 4.79. The number of aryl methyl sites for hydroxylation is 1. The lowest BCUT2D eigenvalue weighted by atomic mass is 10.1. The van der Waals surface area contributed by atoms with E-state index in [1.807, 2.05) is 25.1 Å². The summed E-state index contributed by atoms with van der Waals surface area (Å²) in [4.78, 5) is 5.55. The van der Waals surface area contributed by atoms with E-state index in [9.17, 15) is 0 Å². The summed E-state index contributed by atoms with van der Waals surface area (Å²) in [5.74, 6) is 1.71. The van der Waals surface area contributed by atoms with Gasteiger partial charge in [-0.1, -0.05) is 24.8 Å². The van der Waals surface area contributed by atoms with Crippen molar-refractivity contribution in [2.75, 3.05) is 7.11 Å². The second kappa shape index (κ2) is 6.36. The van der Waals surface area contributed by atoms with Gasteiger partial charge < -0.3 is 10.5 Å². The summed E-state index contributed by atoms with van der Waals surface area (Å²) >= 11 is 3.02. The van der Waals surface area contributed by atoms with Crippen LogP contribution in [-0.4, -0.2) is 16.5 Å². The molecule has 0 bridgehead atoms. The number of rotatable bonds is 5. The maximum absolute atomic E-state index is 6.05. The molecule has 2 rings (SSSR count). The van der Waals surface area contributed by atoms with Crippen molar-refractivity contribution < 1.29 is 4.74 Å². The fourth-order valence-electron chi connectivity index (χ4n) is 1.76. The Hall–Kier alpha value is -1.11. The van der Waals surface area contributed by atoms with E-state index < -0.39 is 0 Å². The molecule has 2 N–H and O–H groups in total. The first-order valence-electron chi connectivity index (χ1n) is 6.08. The van der Waals surface area contributed by atoms with Crippen LogP contribution in [0.2, 0.25) is 0 Å². The first-order chi connectivity index (χ1) is 9.15. The van der Waals surface area contributed by atoms with Crippen LogP contribution >= 0.6 is 23.3 Å². The summed E-state index contributed by atoms with van der Waals surface area (Å²) in [6.07, 6.45) is 0.856. The van der Waals surface area contributed by atoms with Crippen molar-refractivity contribution in [3.05, 3.63) is 29.6 Å². The van der Waals surface area contributed by atoms with Crippen molar-refractivity contribution in [1.82, 2.24) is 9.36 Å². The number of ether oxygens (including phenoxy) is 1. The van der Waals surface area contributed by atoms with Crippen LogP contribution in [0.25, 0.3) is 0 Å². The smallest absolute Gasteiger partial charge is 0.174 e. The number of nitrogens with zero attached hydrogens (tertiary/aromatic N) is 2. The molecule has 0 aliphatic rings. The molecule has 1 aromatic carbocycles. The van der Waals surface area contributed by atoms with Crippen molar-refractivity contribution >= 4 is 23.3 Å². The molecular formula is C13H17N3OS2. The van der Waals surface area contributed by atoms with Crippen LogP contribution < -0.4 is 10.5 Å². The Balaban J connectivity index is 2.33. The summed E-state index contributed by atoms with van der Waals surface area (Å²) in [7, 11) is 1.66. The number of hydrogen-bond acceptors (Lipinski definition) is 6. The third kappa shape index (κ3) is 3.26. The van der Waals surface area contributed by atoms with E-state index in [0.29, 0.717) is 0 Å². The quantitative estimate of drug-likeness (QED) is 0.917. The average Bonchev–Trinajstić information content (AvgIpc) is 2.85. The number of nitrogens with two attached hydrogens (primary N) is 1. The molecule has 0 spiro atoms. The summed E-state index contributed by atoms with van der Waals surface area (Å²) in [6.45, 7) is 4.01. The Morgan fingerprint density at radius 1 is 1.47 bits per heavy atom. The summed E-state index contributed by atoms with van der Waals surface area (Å²) < 4.78 is 10.6. The average molecular weight is 295 g/mol. The maximum Gasteiger partial charge on any atom is 0.174 e. The third-order valence-corrected chi connectivity index (χ3v) is 4.53. The fraction of sp³-hybridized carbons (Fsp3) is 0.385. The van der Waals surface area contributed by atoms with Gasteiger partial charge in [0.25, 0.3) is 0 Å². The van der Waals surface area contributed by atoms with Gasteiger partial charge in [-0.2, -0.15) is 4.37 Å². The van der Waals surface area contributed by atoms with Gasteiger partial charge in [-0.25, -0.2) is 4.98 Å². The Morgan fingerprint density at radius 3 is 2.84 bits per heavy atom. The van der Waals surface area contributed by atoms with Gasteiger partial charge in [0, 0.05) is 22.9 Å². The van der Waals surface area contributed by atoms with Crippen LogP contribution in [0.4, 0.5) is 0 Å². The Morgan fingerprint density at radius 2 is 2.26 bits per heavy atom. The van der Waals surface area contributed by atoms with E-state index in [4.69, 9.17) is 10.5 Å². The van der Waals surface area contributed by atoms with Gasteiger partial charge in [-0.15, -0.1) is 0 Å². The third-order valence-electron chi connectivity index (χ3n) is 2.66. The highest BCUT2D eigenvalue weighted by Gasteiger charge is 2.15. The van der Waals surface area contributed by atoms with Crippen LogP contribution in [0.5, 0.6) is 5.75 Å². The van der Waals surface area contributed by atoms with Gasteiger partial charge >= 0.3 is 0 Å². The summed E-state index contributed by atoms with van der Waals surface area (Å²) in [6, 6.07) is 5.85. The summed E-state index contributed by atoms with van der Waals surface area (Å²) in [5, 5.41) is 0. The predicted octanol–water partition coefficient (Wildman–Crippen LogP) is 3.28. The molecular weight excluding hydrogens is 278 g/mol. The summed E-state index contributed by atoms with van der Waals surface area (Å²) in [5.41, 5.74) is 7.07. The van der Waals surface area contributed by atoms with Crippen LogP contribution in [0, 0.1) is 0 Å². The van der Waals surface area contributed by atoms with E-state index in [1.165, 1.54) is 11.5 Å². The number of methoxy groups -OCH3 is 1. The maximum atomic E-state index is 6.05. The second-order valence-electron chi connectivity index (χ2n) is 4.09. The van der Waals surface area contributed by atoms with Crippen LogP contribution in [0.1, 0.15) is 31.3 Å². The molecule has 0 amide bonds. The monoisotopic (exact) mass is 295 g/mol. The highest BCUT2D eigenvalue weighted by atomic mass is 32.2. The zero-order chi connectivity index (χ0) is 13.8. The molecule has 0 saturated carbocycles. The molecule has 0 aliphatic heterocycles. The lowest BCUT2D eigenvalue weighted by Gasteiger charge is -2.15. The minimum Gasteiger partial charge on any atom is -0.496 e. The molecule has 0 aliphatic carbocycles. The zero-order valence-electron chi connectivity index (χ0n) is 11.2. The molecule has 4 nitrogen and oxygen atoms in total. The van der Waals surface area contributed by atoms with Gasteiger partial charge in [-0.05, 0) is 30.6 Å². The molecule has 0 radical (unpaired) electrons. The Bertz CT molecular complexity index is 555. The van der Waals surface area contributed by atoms with E-state index in [-0.39, 0.29) is 6.04 Å². The first-order valence-corrected chi connectivity index (χ1v) is 7.67. The van der Waals surface area contributed by atoms with Crippen LogP contribution in [-0.2, 0) is 6.42 Å². The molecule has 6 heteroatoms. The first kappa shape index (κ1) is 14.3. The van der Waals surface area contributed by atoms with Crippen molar-refractivity contribution in [2.45, 2.75) is 35.5 Å². The van der Waals surface area contributed by atoms with Gasteiger partial charge in [0.1, 0.15) is 11.6 Å². The minimum atomic E-state index is -0.0859. The van der Waals surface area contributed by atoms with E-state index in [1.54, 1.807) is 18.9 Å². The highest BCUT2D eigenvalue weighted by molar-refractivity contribution is 8.01. The van der Waals surface area contributed by atoms with Crippen molar-refractivity contribution in [2.24, 2.45) is 5.73 Å². The molecule has 1 atom stereocenters. The van der Waals surface area contributed by atoms with Gasteiger partial charge in [-0.3, -0.25) is 0 Å². The van der Waals surface area contributed by atoms with Gasteiger partial charge in [0.2, 0.25) is 0 Å². The second-order valence-corrected chi connectivity index (χ2v) is 6.13. The molecule has 1 aromatic heterocycles. The molecule has 0 unspecified atom stereocenters. The minimum absolute atomic E-state index is 0.0859. The fourth-order valence-corrected chi connectivity index (χ4v) is 3.67. The van der Waals surface area contributed by atoms with Crippen LogP contribution in [0.3, 0.4) is 0 Å².